The van der Waals surface area contributed by atoms with E-state index in [1.165, 1.54) is 173 Å². The van der Waals surface area contributed by atoms with Crippen molar-refractivity contribution in [3.8, 4) is 0 Å². The van der Waals surface area contributed by atoms with Crippen LogP contribution in [0.4, 0.5) is 22.0 Å². The van der Waals surface area contributed by atoms with Crippen LogP contribution in [-0.2, 0) is 0 Å². The van der Waals surface area contributed by atoms with Crippen LogP contribution in [0.3, 0.4) is 0 Å². The van der Waals surface area contributed by atoms with Crippen LogP contribution >= 0.6 is 0 Å². The molecule has 0 aromatic heterocycles. The van der Waals surface area contributed by atoms with Crippen LogP contribution < -0.4 is 0 Å². The zero-order valence-electron chi connectivity index (χ0n) is 54.4. The van der Waals surface area contributed by atoms with Crippen molar-refractivity contribution in [1.29, 1.82) is 0 Å². The quantitative estimate of drug-likeness (QED) is 0.0333. The summed E-state index contributed by atoms with van der Waals surface area (Å²) in [5, 5.41) is 0. The van der Waals surface area contributed by atoms with Crippen LogP contribution in [0.25, 0.3) is 0 Å². The molecular weight excluding hydrogens is 984 g/mol. The average molecular weight is 1120 g/mol. The van der Waals surface area contributed by atoms with Crippen molar-refractivity contribution in [2.75, 3.05) is 33.4 Å². The first-order chi connectivity index (χ1) is 37.5. The van der Waals surface area contributed by atoms with E-state index in [-0.39, 0.29) is 55.5 Å². The number of allylic oxidation sites excluding steroid dienone is 1. The van der Waals surface area contributed by atoms with Gasteiger partial charge in [0.25, 0.3) is 0 Å². The van der Waals surface area contributed by atoms with E-state index in [0.29, 0.717) is 71.5 Å². The smallest absolute Gasteiger partial charge is 0.0925 e. The van der Waals surface area contributed by atoms with Crippen molar-refractivity contribution < 1.29 is 22.0 Å². The predicted molar refractivity (Wildman–Crippen MR) is 333 cm³/mol. The Bertz CT molecular complexity index is 1620. The fourth-order valence-corrected chi connectivity index (χ4v) is 19.2. The Labute approximate surface area is 488 Å². The van der Waals surface area contributed by atoms with Crippen LogP contribution in [0.1, 0.15) is 314 Å². The first kappa shape index (κ1) is 69.2. The number of unbranched alkanes of at least 4 members (excludes halogenated alkanes) is 1. The molecule has 0 amide bonds. The van der Waals surface area contributed by atoms with Crippen molar-refractivity contribution in [3.05, 3.63) is 12.2 Å². The van der Waals surface area contributed by atoms with Crippen LogP contribution in [0, 0.1) is 110 Å². The Kier molecular flexibility index (Phi) is 29.2. The van der Waals surface area contributed by atoms with E-state index in [1.807, 2.05) is 0 Å². The van der Waals surface area contributed by atoms with Crippen molar-refractivity contribution in [2.24, 2.45) is 110 Å². The molecule has 0 radical (unpaired) electrons. The normalized spacial score (nSPS) is 29.7. The van der Waals surface area contributed by atoms with Crippen molar-refractivity contribution >= 4 is 0 Å². The lowest BCUT2D eigenvalue weighted by atomic mass is 9.61. The predicted octanol–water partition coefficient (Wildman–Crippen LogP) is 24.7. The summed E-state index contributed by atoms with van der Waals surface area (Å²) in [6.45, 7) is 30.0. The average Bonchev–Trinajstić information content (AvgIpc) is 3.46. The second-order valence-electron chi connectivity index (χ2n) is 32.8. The molecule has 464 valence electrons. The highest BCUT2D eigenvalue weighted by Gasteiger charge is 2.42. The van der Waals surface area contributed by atoms with Gasteiger partial charge in [0.15, 0.2) is 0 Å². The Hall–Kier alpha value is -0.610. The number of hydrogen-bond donors (Lipinski definition) is 0. The SMILES string of the molecule is C=C(C)C1CCC(C(C)(C)CCCC(CCCF)C2CCC(C(C)(C)CCC(CCCCC(CCF)C3CCC(C(C)(C)CCF)CC3)C3CCC(C(C)(C)CCC(CF)C4CCC(C(C)(C)CCCF)CC4)CC3)CC2)CC1. The van der Waals surface area contributed by atoms with Gasteiger partial charge in [-0.25, -0.2) is 0 Å². The number of alkyl halides is 5. The number of rotatable bonds is 36. The van der Waals surface area contributed by atoms with E-state index in [0.717, 1.165) is 86.9 Å². The Morgan fingerprint density at radius 2 is 0.620 bits per heavy atom. The fraction of sp³-hybridized carbons (Fsp3) is 0.973. The minimum absolute atomic E-state index is 0.0593. The molecule has 5 rings (SSSR count). The molecule has 5 saturated carbocycles. The maximum atomic E-state index is 14.9. The van der Waals surface area contributed by atoms with Crippen LogP contribution in [-0.4, -0.2) is 33.4 Å². The van der Waals surface area contributed by atoms with E-state index in [2.05, 4.69) is 82.7 Å². The summed E-state index contributed by atoms with van der Waals surface area (Å²) >= 11 is 0. The zero-order chi connectivity index (χ0) is 57.9. The summed E-state index contributed by atoms with van der Waals surface area (Å²) in [7, 11) is 0. The van der Waals surface area contributed by atoms with Gasteiger partial charge in [0, 0.05) is 0 Å². The van der Waals surface area contributed by atoms with Gasteiger partial charge in [-0.1, -0.05) is 120 Å². The van der Waals surface area contributed by atoms with E-state index in [4.69, 9.17) is 0 Å². The minimum atomic E-state index is -0.231. The summed E-state index contributed by atoms with van der Waals surface area (Å²) in [5.41, 5.74) is 2.53. The van der Waals surface area contributed by atoms with Gasteiger partial charge in [-0.05, 0) is 316 Å². The minimum Gasteiger partial charge on any atom is -0.251 e. The molecule has 0 aliphatic heterocycles. The van der Waals surface area contributed by atoms with Gasteiger partial charge in [-0.2, -0.15) is 0 Å². The third-order valence-corrected chi connectivity index (χ3v) is 25.9. The molecule has 0 nitrogen and oxygen atoms in total. The van der Waals surface area contributed by atoms with Crippen molar-refractivity contribution in [3.63, 3.8) is 0 Å². The Morgan fingerprint density at radius 3 is 0.987 bits per heavy atom. The van der Waals surface area contributed by atoms with Crippen LogP contribution in [0.2, 0.25) is 0 Å². The summed E-state index contributed by atoms with van der Waals surface area (Å²) in [6.07, 6.45) is 43.7. The molecular formula is C74H133F5. The summed E-state index contributed by atoms with van der Waals surface area (Å²) in [6, 6.07) is 0. The maximum absolute atomic E-state index is 14.9. The van der Waals surface area contributed by atoms with E-state index >= 15 is 0 Å². The molecule has 79 heavy (non-hydrogen) atoms. The molecule has 5 aliphatic carbocycles. The molecule has 5 aliphatic rings. The van der Waals surface area contributed by atoms with Gasteiger partial charge in [0.2, 0.25) is 0 Å². The third-order valence-electron chi connectivity index (χ3n) is 25.9. The van der Waals surface area contributed by atoms with Crippen molar-refractivity contribution in [2.45, 2.75) is 314 Å². The highest BCUT2D eigenvalue weighted by molar-refractivity contribution is 5.00. The summed E-state index contributed by atoms with van der Waals surface area (Å²) in [4.78, 5) is 0. The maximum Gasteiger partial charge on any atom is 0.0925 e. The number of hydrogen-bond acceptors (Lipinski definition) is 0. The van der Waals surface area contributed by atoms with Gasteiger partial charge in [0.1, 0.15) is 0 Å². The molecule has 0 N–H and O–H groups in total. The molecule has 5 fully saturated rings. The molecule has 0 aromatic carbocycles. The van der Waals surface area contributed by atoms with Crippen molar-refractivity contribution in [1.82, 2.24) is 0 Å². The van der Waals surface area contributed by atoms with E-state index in [1.54, 1.807) is 0 Å². The highest BCUT2D eigenvalue weighted by atomic mass is 19.1. The highest BCUT2D eigenvalue weighted by Crippen LogP contribution is 2.53. The molecule has 5 heteroatoms. The fourth-order valence-electron chi connectivity index (χ4n) is 19.2. The first-order valence-corrected chi connectivity index (χ1v) is 35.0. The van der Waals surface area contributed by atoms with Crippen LogP contribution in [0.15, 0.2) is 12.2 Å². The van der Waals surface area contributed by atoms with E-state index in [9.17, 15) is 22.0 Å². The standard InChI is InChI=1S/C74H133F5/c1-55(2)56-22-32-65(33-23-56)70(3,4)45-15-20-57(21-16-50-75)60-24-34-67(35-25-60)72(7,8)47-42-58(18-13-14-19-59(44-52-77)62-28-38-69(39-29-62)74(11,12)49-53-78)61-26-36-68(37-27-61)73(9,10)48-43-64(54-79)63-30-40-66(41-31-63)71(5,6)46-17-51-76/h56-69H,1,13-54H2,2-12H3. The molecule has 4 atom stereocenters. The topological polar surface area (TPSA) is 0 Å². The second-order valence-corrected chi connectivity index (χ2v) is 32.8. The molecule has 0 aromatic rings. The van der Waals surface area contributed by atoms with Crippen LogP contribution in [0.5, 0.6) is 0 Å². The van der Waals surface area contributed by atoms with Gasteiger partial charge < -0.3 is 0 Å². The summed E-state index contributed by atoms with van der Waals surface area (Å²) < 4.78 is 69.4. The molecule has 0 saturated heterocycles. The molecule has 0 heterocycles. The Balaban J connectivity index is 1.16. The lowest BCUT2D eigenvalue weighted by Gasteiger charge is -2.44. The van der Waals surface area contributed by atoms with Gasteiger partial charge in [-0.15, -0.1) is 0 Å². The van der Waals surface area contributed by atoms with Gasteiger partial charge in [0.05, 0.1) is 33.4 Å². The zero-order valence-corrected chi connectivity index (χ0v) is 54.4. The first-order valence-electron chi connectivity index (χ1n) is 35.0. The largest absolute Gasteiger partial charge is 0.251 e. The monoisotopic (exact) mass is 1120 g/mol. The Morgan fingerprint density at radius 1 is 0.316 bits per heavy atom. The number of halogens is 5. The third kappa shape index (κ3) is 21.4. The van der Waals surface area contributed by atoms with E-state index < -0.39 is 0 Å². The van der Waals surface area contributed by atoms with Gasteiger partial charge in [-0.3, -0.25) is 22.0 Å². The van der Waals surface area contributed by atoms with Gasteiger partial charge >= 0.3 is 0 Å². The second kappa shape index (κ2) is 33.3. The lowest BCUT2D eigenvalue weighted by Crippen LogP contribution is -2.34. The molecule has 0 spiro atoms. The summed E-state index contributed by atoms with van der Waals surface area (Å²) in [5.74, 6) is 8.97. The molecule has 0 bridgehead atoms. The lowest BCUT2D eigenvalue weighted by molar-refractivity contribution is 0.0608. The molecule has 4 unspecified atom stereocenters.